The Hall–Kier alpha value is -1.29. The van der Waals surface area contributed by atoms with Crippen LogP contribution in [0.4, 0.5) is 0 Å². The Bertz CT molecular complexity index is 502. The van der Waals surface area contributed by atoms with E-state index in [4.69, 9.17) is 9.15 Å². The highest BCUT2D eigenvalue weighted by atomic mass is 79.9. The molecule has 15 heavy (non-hydrogen) atoms. The second kappa shape index (κ2) is 4.06. The Morgan fingerprint density at radius 2 is 2.33 bits per heavy atom. The summed E-state index contributed by atoms with van der Waals surface area (Å²) >= 11 is 3.35. The number of hydrogen-bond donors (Lipinski definition) is 0. The Kier molecular flexibility index (Phi) is 2.77. The number of halogens is 1. The minimum absolute atomic E-state index is 0.352. The quantitative estimate of drug-likeness (QED) is 0.784. The maximum absolute atomic E-state index is 11.5. The molecule has 0 amide bonds. The van der Waals surface area contributed by atoms with Gasteiger partial charge in [-0.1, -0.05) is 12.1 Å². The number of benzene rings is 1. The van der Waals surface area contributed by atoms with Crippen LogP contribution in [0.3, 0.4) is 0 Å². The van der Waals surface area contributed by atoms with Crippen LogP contribution in [0.1, 0.15) is 17.3 Å². The van der Waals surface area contributed by atoms with Crippen molar-refractivity contribution in [3.8, 4) is 0 Å². The normalized spacial score (nSPS) is 10.5. The number of rotatable bonds is 2. The van der Waals surface area contributed by atoms with Gasteiger partial charge < -0.3 is 9.15 Å². The summed E-state index contributed by atoms with van der Waals surface area (Å²) < 4.78 is 11.0. The first-order valence-electron chi connectivity index (χ1n) is 4.57. The zero-order valence-corrected chi connectivity index (χ0v) is 9.71. The van der Waals surface area contributed by atoms with Gasteiger partial charge in [0.05, 0.1) is 11.1 Å². The van der Waals surface area contributed by atoms with Crippen LogP contribution in [-0.4, -0.2) is 12.6 Å². The minimum Gasteiger partial charge on any atom is -0.462 e. The molecule has 0 aliphatic carbocycles. The summed E-state index contributed by atoms with van der Waals surface area (Å²) in [5.41, 5.74) is 1.13. The molecule has 0 bridgehead atoms. The van der Waals surface area contributed by atoms with Crippen molar-refractivity contribution in [2.75, 3.05) is 6.61 Å². The highest BCUT2D eigenvalue weighted by Crippen LogP contribution is 2.28. The Morgan fingerprint density at radius 3 is 3.07 bits per heavy atom. The van der Waals surface area contributed by atoms with Crippen LogP contribution in [0.2, 0.25) is 0 Å². The molecule has 0 N–H and O–H groups in total. The molecule has 0 saturated carbocycles. The summed E-state index contributed by atoms with van der Waals surface area (Å²) in [6.07, 6.45) is 1.42. The molecule has 78 valence electrons. The lowest BCUT2D eigenvalue weighted by atomic mass is 10.2. The third-order valence-electron chi connectivity index (χ3n) is 2.05. The Morgan fingerprint density at radius 1 is 1.53 bits per heavy atom. The molecule has 2 aromatic rings. The lowest BCUT2D eigenvalue weighted by Gasteiger charge is -1.98. The molecule has 0 aliphatic heterocycles. The molecule has 1 aromatic carbocycles. The summed E-state index contributed by atoms with van der Waals surface area (Å²) in [4.78, 5) is 11.5. The van der Waals surface area contributed by atoms with Crippen molar-refractivity contribution in [2.24, 2.45) is 0 Å². The highest BCUT2D eigenvalue weighted by molar-refractivity contribution is 9.10. The van der Waals surface area contributed by atoms with Crippen LogP contribution in [0, 0.1) is 0 Å². The van der Waals surface area contributed by atoms with Gasteiger partial charge in [0.15, 0.2) is 0 Å². The molecule has 0 saturated heterocycles. The van der Waals surface area contributed by atoms with E-state index in [1.165, 1.54) is 6.26 Å². The number of para-hydroxylation sites is 1. The van der Waals surface area contributed by atoms with Crippen molar-refractivity contribution in [3.63, 3.8) is 0 Å². The first-order valence-corrected chi connectivity index (χ1v) is 5.36. The van der Waals surface area contributed by atoms with E-state index in [1.807, 2.05) is 18.2 Å². The van der Waals surface area contributed by atoms with Crippen LogP contribution in [-0.2, 0) is 4.74 Å². The van der Waals surface area contributed by atoms with Gasteiger partial charge in [0.2, 0.25) is 0 Å². The molecule has 1 heterocycles. The number of ether oxygens (including phenoxy) is 1. The van der Waals surface area contributed by atoms with Crippen molar-refractivity contribution in [1.29, 1.82) is 0 Å². The van der Waals surface area contributed by atoms with Crippen molar-refractivity contribution in [1.82, 2.24) is 0 Å². The number of esters is 1. The molecule has 0 unspecified atom stereocenters. The maximum atomic E-state index is 11.5. The summed E-state index contributed by atoms with van der Waals surface area (Å²) in [7, 11) is 0. The predicted molar refractivity (Wildman–Crippen MR) is 59.9 cm³/mol. The van der Waals surface area contributed by atoms with Gasteiger partial charge in [0.1, 0.15) is 17.4 Å². The lowest BCUT2D eigenvalue weighted by molar-refractivity contribution is 0.0527. The van der Waals surface area contributed by atoms with E-state index in [1.54, 1.807) is 6.92 Å². The largest absolute Gasteiger partial charge is 0.462 e. The van der Waals surface area contributed by atoms with Gasteiger partial charge in [-0.25, -0.2) is 4.79 Å². The van der Waals surface area contributed by atoms with Crippen molar-refractivity contribution in [2.45, 2.75) is 6.92 Å². The zero-order chi connectivity index (χ0) is 10.8. The topological polar surface area (TPSA) is 39.4 Å². The third-order valence-corrected chi connectivity index (χ3v) is 2.67. The molecule has 2 rings (SSSR count). The fraction of sp³-hybridized carbons (Fsp3) is 0.182. The molecule has 0 fully saturated rings. The average molecular weight is 269 g/mol. The van der Waals surface area contributed by atoms with Gasteiger partial charge in [-0.2, -0.15) is 0 Å². The Balaban J connectivity index is 2.54. The standard InChI is InChI=1S/C11H9BrO3/c1-2-14-11(13)8-6-15-10-7(8)4-3-5-9(10)12/h3-6H,2H2,1H3. The number of hydrogen-bond acceptors (Lipinski definition) is 3. The van der Waals surface area contributed by atoms with Gasteiger partial charge in [0, 0.05) is 5.39 Å². The summed E-state index contributed by atoms with van der Waals surface area (Å²) in [6.45, 7) is 2.13. The fourth-order valence-corrected chi connectivity index (χ4v) is 1.85. The smallest absolute Gasteiger partial charge is 0.342 e. The first-order chi connectivity index (χ1) is 7.24. The monoisotopic (exact) mass is 268 g/mol. The van der Waals surface area contributed by atoms with E-state index >= 15 is 0 Å². The van der Waals surface area contributed by atoms with E-state index in [-0.39, 0.29) is 5.97 Å². The van der Waals surface area contributed by atoms with E-state index < -0.39 is 0 Å². The minimum atomic E-state index is -0.352. The van der Waals surface area contributed by atoms with E-state index in [9.17, 15) is 4.79 Å². The third kappa shape index (κ3) is 1.77. The van der Waals surface area contributed by atoms with Crippen molar-refractivity contribution < 1.29 is 13.9 Å². The average Bonchev–Trinajstić information content (AvgIpc) is 2.63. The van der Waals surface area contributed by atoms with Gasteiger partial charge >= 0.3 is 5.97 Å². The molecule has 3 nitrogen and oxygen atoms in total. The Labute approximate surface area is 95.1 Å². The van der Waals surface area contributed by atoms with Gasteiger partial charge in [-0.3, -0.25) is 0 Å². The molecule has 0 atom stereocenters. The highest BCUT2D eigenvalue weighted by Gasteiger charge is 2.15. The first kappa shape index (κ1) is 10.2. The van der Waals surface area contributed by atoms with E-state index in [0.717, 1.165) is 9.86 Å². The van der Waals surface area contributed by atoms with Crippen LogP contribution in [0.25, 0.3) is 11.0 Å². The van der Waals surface area contributed by atoms with E-state index in [2.05, 4.69) is 15.9 Å². The number of carbonyl (C=O) groups excluding carboxylic acids is 1. The lowest BCUT2D eigenvalue weighted by Crippen LogP contribution is -2.03. The summed E-state index contributed by atoms with van der Waals surface area (Å²) in [5.74, 6) is -0.352. The molecule has 0 aliphatic rings. The second-order valence-electron chi connectivity index (χ2n) is 2.99. The SMILES string of the molecule is CCOC(=O)c1coc2c(Br)cccc12. The second-order valence-corrected chi connectivity index (χ2v) is 3.84. The molecular formula is C11H9BrO3. The van der Waals surface area contributed by atoms with Crippen LogP contribution in [0.5, 0.6) is 0 Å². The molecular weight excluding hydrogens is 260 g/mol. The maximum Gasteiger partial charge on any atom is 0.342 e. The molecule has 0 spiro atoms. The van der Waals surface area contributed by atoms with Gasteiger partial charge in [0.25, 0.3) is 0 Å². The number of furan rings is 1. The predicted octanol–water partition coefficient (Wildman–Crippen LogP) is 3.37. The molecule has 0 radical (unpaired) electrons. The zero-order valence-electron chi connectivity index (χ0n) is 8.12. The van der Waals surface area contributed by atoms with Crippen molar-refractivity contribution in [3.05, 3.63) is 34.5 Å². The molecule has 1 aromatic heterocycles. The van der Waals surface area contributed by atoms with Crippen LogP contribution >= 0.6 is 15.9 Å². The summed E-state index contributed by atoms with van der Waals surface area (Å²) in [5, 5.41) is 0.767. The van der Waals surface area contributed by atoms with Gasteiger partial charge in [-0.05, 0) is 28.9 Å². The molecule has 4 heteroatoms. The fourth-order valence-electron chi connectivity index (χ4n) is 1.39. The van der Waals surface area contributed by atoms with E-state index in [0.29, 0.717) is 17.8 Å². The van der Waals surface area contributed by atoms with Crippen LogP contribution in [0.15, 0.2) is 33.4 Å². The number of fused-ring (bicyclic) bond motifs is 1. The number of carbonyl (C=O) groups is 1. The van der Waals surface area contributed by atoms with Crippen LogP contribution < -0.4 is 0 Å². The van der Waals surface area contributed by atoms with Crippen molar-refractivity contribution >= 4 is 32.9 Å². The summed E-state index contributed by atoms with van der Waals surface area (Å²) in [6, 6.07) is 5.54. The van der Waals surface area contributed by atoms with Gasteiger partial charge in [-0.15, -0.1) is 0 Å².